The van der Waals surface area contributed by atoms with Crippen LogP contribution in [0, 0.1) is 0 Å². The molecule has 0 rings (SSSR count). The maximum Gasteiger partial charge on any atom is 1.00 e. The first-order chi connectivity index (χ1) is 3.15. The van der Waals surface area contributed by atoms with Crippen LogP contribution in [0.1, 0.15) is 22.2 Å². The Morgan fingerprint density at radius 3 is 1.44 bits per heavy atom. The zero-order chi connectivity index (χ0) is 6.28. The van der Waals surface area contributed by atoms with Gasteiger partial charge >= 0.3 is 18.9 Å². The molecule has 0 atom stereocenters. The average Bonchev–Trinajstić information content (AvgIpc) is 1.33. The second-order valence-corrected chi connectivity index (χ2v) is 1.41. The molecule has 0 bridgehead atoms. The average molecular weight is 144 g/mol. The van der Waals surface area contributed by atoms with Crippen LogP contribution in [0.25, 0.3) is 0 Å². The Morgan fingerprint density at radius 1 is 1.44 bits per heavy atom. The molecule has 0 spiro atoms. The number of hydrogen-bond donors (Lipinski definition) is 2. The molecule has 0 fully saturated rings. The van der Waals surface area contributed by atoms with Gasteiger partial charge in [0.1, 0.15) is 0 Å². The second kappa shape index (κ2) is 23.0. The van der Waals surface area contributed by atoms with Crippen LogP contribution in [0.5, 0.6) is 0 Å². The Hall–Kier alpha value is 1.05. The normalized spacial score (nSPS) is 6.00. The zero-order valence-corrected chi connectivity index (χ0v) is 6.18. The molecule has 2 nitrogen and oxygen atoms in total. The van der Waals surface area contributed by atoms with Crippen LogP contribution < -0.4 is 18.9 Å². The Morgan fingerprint density at radius 2 is 1.44 bits per heavy atom. The molecule has 0 amide bonds. The van der Waals surface area contributed by atoms with Gasteiger partial charge in [0.15, 0.2) is 17.4 Å². The van der Waals surface area contributed by atoms with Gasteiger partial charge in [0.2, 0.25) is 0 Å². The fraction of sp³-hybridized carbons (Fsp3) is 1.00. The van der Waals surface area contributed by atoms with E-state index in [4.69, 9.17) is 10.2 Å². The van der Waals surface area contributed by atoms with E-state index in [2.05, 4.69) is 0 Å². The molecule has 0 aliphatic rings. The molecule has 0 unspecified atom stereocenters. The smallest absolute Gasteiger partial charge is 1.00 e. The van der Waals surface area contributed by atoms with Crippen LogP contribution in [-0.4, -0.2) is 40.3 Å². The Kier molecular flexibility index (Phi) is 57.5. The van der Waals surface area contributed by atoms with Gasteiger partial charge < -0.3 is 11.6 Å². The van der Waals surface area contributed by atoms with E-state index < -0.39 is 0 Å². The fourth-order valence-corrected chi connectivity index (χ4v) is 0. The summed E-state index contributed by atoms with van der Waals surface area (Å²) in [5.74, 6) is 0. The predicted molar refractivity (Wildman–Crippen MR) is 41.2 cm³/mol. The Bertz CT molecular complexity index is 30.9. The van der Waals surface area contributed by atoms with Gasteiger partial charge in [-0.25, -0.2) is 0 Å². The largest absolute Gasteiger partial charge is 1.00 e. The topological polar surface area (TPSA) is 40.5 Å². The van der Waals surface area contributed by atoms with Crippen molar-refractivity contribution in [1.82, 2.24) is 0 Å². The van der Waals surface area contributed by atoms with E-state index in [9.17, 15) is 0 Å². The Balaban J connectivity index is -0.0000000131. The molecule has 0 saturated heterocycles. The summed E-state index contributed by atoms with van der Waals surface area (Å²) in [6, 6.07) is 0. The molecule has 2 N–H and O–H groups in total. The summed E-state index contributed by atoms with van der Waals surface area (Å²) in [5.41, 5.74) is 0. The van der Waals surface area contributed by atoms with Gasteiger partial charge in [-0.05, 0) is 20.8 Å². The Labute approximate surface area is 81.4 Å². The monoisotopic (exact) mass is 144 g/mol. The summed E-state index contributed by atoms with van der Waals surface area (Å²) in [4.78, 5) is 0. The van der Waals surface area contributed by atoms with Crippen molar-refractivity contribution in [2.75, 3.05) is 6.61 Å². The molecule has 0 aromatic heterocycles. The van der Waals surface area contributed by atoms with E-state index in [0.717, 1.165) is 0 Å². The van der Waals surface area contributed by atoms with Crippen LogP contribution >= 0.6 is 0 Å². The summed E-state index contributed by atoms with van der Waals surface area (Å²) in [5, 5.41) is 15.6. The van der Waals surface area contributed by atoms with Crippen LogP contribution in [0.4, 0.5) is 0 Å². The number of hydrogen-bond acceptors (Lipinski definition) is 2. The summed E-state index contributed by atoms with van der Waals surface area (Å²) in [7, 11) is 0. The van der Waals surface area contributed by atoms with E-state index in [1.54, 1.807) is 20.8 Å². The molecule has 0 radical (unpaired) electrons. The summed E-state index contributed by atoms with van der Waals surface area (Å²) in [6.45, 7) is 5.38. The SMILES string of the molecule is CC(C)O.CCO.[AlH3].[H-].[Li+]. The van der Waals surface area contributed by atoms with E-state index in [1.807, 2.05) is 0 Å². The van der Waals surface area contributed by atoms with Crippen molar-refractivity contribution in [2.24, 2.45) is 0 Å². The number of rotatable bonds is 0. The zero-order valence-electron chi connectivity index (χ0n) is 7.18. The van der Waals surface area contributed by atoms with Crippen molar-refractivity contribution in [1.29, 1.82) is 0 Å². The summed E-state index contributed by atoms with van der Waals surface area (Å²) >= 11 is 0. The van der Waals surface area contributed by atoms with E-state index in [0.29, 0.717) is 0 Å². The molecule has 54 valence electrons. The van der Waals surface area contributed by atoms with Crippen LogP contribution in [-0.2, 0) is 0 Å². The first-order valence-corrected chi connectivity index (χ1v) is 2.44. The van der Waals surface area contributed by atoms with E-state index in [-0.39, 0.29) is 50.4 Å². The molecular weight excluding hydrogens is 126 g/mol. The van der Waals surface area contributed by atoms with Crippen molar-refractivity contribution in [3.8, 4) is 0 Å². The van der Waals surface area contributed by atoms with Crippen molar-refractivity contribution in [3.63, 3.8) is 0 Å². The summed E-state index contributed by atoms with van der Waals surface area (Å²) < 4.78 is 0. The molecule has 0 heterocycles. The first kappa shape index (κ1) is 22.5. The third-order valence-corrected chi connectivity index (χ3v) is 0. The van der Waals surface area contributed by atoms with Gasteiger partial charge in [0, 0.05) is 12.7 Å². The number of aliphatic hydroxyl groups excluding tert-OH is 2. The molecule has 0 aliphatic carbocycles. The number of aliphatic hydroxyl groups is 2. The van der Waals surface area contributed by atoms with E-state index in [1.165, 1.54) is 0 Å². The summed E-state index contributed by atoms with van der Waals surface area (Å²) in [6.07, 6.45) is -0.167. The molecule has 9 heavy (non-hydrogen) atoms. The van der Waals surface area contributed by atoms with Gasteiger partial charge in [0.25, 0.3) is 0 Å². The van der Waals surface area contributed by atoms with Crippen LogP contribution in [0.2, 0.25) is 0 Å². The molecule has 0 saturated carbocycles. The van der Waals surface area contributed by atoms with Crippen molar-refractivity contribution < 1.29 is 30.5 Å². The molecule has 0 aromatic carbocycles. The molecular formula is C5H18AlLiO2. The van der Waals surface area contributed by atoms with Crippen LogP contribution in [0.3, 0.4) is 0 Å². The maximum atomic E-state index is 8.06. The van der Waals surface area contributed by atoms with Gasteiger partial charge in [-0.1, -0.05) is 0 Å². The van der Waals surface area contributed by atoms with Crippen molar-refractivity contribution in [3.05, 3.63) is 0 Å². The first-order valence-electron chi connectivity index (χ1n) is 2.44. The van der Waals surface area contributed by atoms with Gasteiger partial charge in [-0.3, -0.25) is 0 Å². The molecule has 4 heteroatoms. The minimum atomic E-state index is -0.167. The third-order valence-electron chi connectivity index (χ3n) is 0. The van der Waals surface area contributed by atoms with Crippen LogP contribution in [0.15, 0.2) is 0 Å². The standard InChI is InChI=1S/C3H8O.C2H6O.Al.Li.4H/c1-3(2)4;1-2-3;;;;;;/h3-4H,1-2H3;3H,2H2,1H3;;;;;;/q;;;+1;;;;-1. The predicted octanol–water partition coefficient (Wildman–Crippen LogP) is -3.68. The second-order valence-electron chi connectivity index (χ2n) is 1.41. The molecule has 0 aliphatic heterocycles. The van der Waals surface area contributed by atoms with Gasteiger partial charge in [-0.15, -0.1) is 0 Å². The van der Waals surface area contributed by atoms with Gasteiger partial charge in [-0.2, -0.15) is 0 Å². The minimum Gasteiger partial charge on any atom is -1.00 e. The van der Waals surface area contributed by atoms with Crippen molar-refractivity contribution >= 4 is 17.4 Å². The fourth-order valence-electron chi connectivity index (χ4n) is 0. The van der Waals surface area contributed by atoms with E-state index >= 15 is 0 Å². The molecule has 0 aromatic rings. The maximum absolute atomic E-state index is 8.06. The van der Waals surface area contributed by atoms with Gasteiger partial charge in [0.05, 0.1) is 0 Å². The quantitative estimate of drug-likeness (QED) is 0.344. The van der Waals surface area contributed by atoms with Crippen molar-refractivity contribution in [2.45, 2.75) is 26.9 Å². The third kappa shape index (κ3) is 408. The minimum absolute atomic E-state index is 0.